The van der Waals surface area contributed by atoms with Crippen molar-refractivity contribution >= 4 is 23.6 Å². The summed E-state index contributed by atoms with van der Waals surface area (Å²) in [6.45, 7) is 17.7. The number of nitriles is 1. The summed E-state index contributed by atoms with van der Waals surface area (Å²) in [6.07, 6.45) is 5.43. The number of hydrogen-bond acceptors (Lipinski definition) is 8. The minimum absolute atomic E-state index is 0.104. The zero-order valence-corrected chi connectivity index (χ0v) is 30.4. The van der Waals surface area contributed by atoms with Gasteiger partial charge in [-0.3, -0.25) is 9.69 Å². The number of halogens is 1. The van der Waals surface area contributed by atoms with Gasteiger partial charge in [0.1, 0.15) is 29.2 Å². The standard InChI is InChI=1S/C38H47ClN6O4/c1-36(2,3)49-35(47)44-18-16-43(17-19-44)27-13-9-24(10-14-27)8-12-26-22-41-31-30(42-26)23-45(32(31)46)33-37(4,5)34(38(33,6)7)48-28-15-11-25(21-40)29(39)20-28/h11,15,20,22,24,27,33-34H,9-10,13-14,16-19,23H2,1-7H3. The van der Waals surface area contributed by atoms with Gasteiger partial charge < -0.3 is 19.3 Å². The molecule has 1 aromatic carbocycles. The van der Waals surface area contributed by atoms with Gasteiger partial charge in [-0.15, -0.1) is 0 Å². The summed E-state index contributed by atoms with van der Waals surface area (Å²) in [5.41, 5.74) is 0.851. The van der Waals surface area contributed by atoms with Crippen LogP contribution in [0.3, 0.4) is 0 Å². The molecule has 0 atom stereocenters. The van der Waals surface area contributed by atoms with E-state index in [4.69, 9.17) is 26.1 Å². The fourth-order valence-corrected chi connectivity index (χ4v) is 8.94. The Morgan fingerprint density at radius 1 is 1.04 bits per heavy atom. The summed E-state index contributed by atoms with van der Waals surface area (Å²) in [6, 6.07) is 7.59. The lowest BCUT2D eigenvalue weighted by molar-refractivity contribution is -0.199. The largest absolute Gasteiger partial charge is 0.489 e. The van der Waals surface area contributed by atoms with Crippen LogP contribution in [0, 0.1) is 39.9 Å². The van der Waals surface area contributed by atoms with Crippen LogP contribution in [0.25, 0.3) is 0 Å². The molecule has 0 spiro atoms. The number of aromatic nitrogens is 2. The van der Waals surface area contributed by atoms with Crippen LogP contribution in [0.5, 0.6) is 5.75 Å². The molecule has 4 aliphatic rings. The van der Waals surface area contributed by atoms with Crippen LogP contribution >= 0.6 is 11.6 Å². The Hall–Kier alpha value is -3.86. The third-order valence-corrected chi connectivity index (χ3v) is 10.9. The number of carbonyl (C=O) groups is 2. The molecule has 1 aromatic heterocycles. The zero-order chi connectivity index (χ0) is 35.3. The van der Waals surface area contributed by atoms with E-state index in [1.807, 2.05) is 30.6 Å². The number of carbonyl (C=O) groups excluding carboxylic acids is 2. The Morgan fingerprint density at radius 3 is 2.33 bits per heavy atom. The second kappa shape index (κ2) is 13.1. The lowest BCUT2D eigenvalue weighted by Crippen LogP contribution is -2.74. The molecule has 11 heteroatoms. The topological polar surface area (TPSA) is 112 Å². The van der Waals surface area contributed by atoms with Gasteiger partial charge in [-0.2, -0.15) is 5.26 Å². The fourth-order valence-electron chi connectivity index (χ4n) is 8.72. The first kappa shape index (κ1) is 35.0. The maximum Gasteiger partial charge on any atom is 0.410 e. The predicted octanol–water partition coefficient (Wildman–Crippen LogP) is 6.30. The Morgan fingerprint density at radius 2 is 1.71 bits per heavy atom. The number of ether oxygens (including phenoxy) is 2. The SMILES string of the molecule is CC(C)(C)OC(=O)N1CCN(C2CCC(C#Cc3cnc4c(n3)CN(C3C(C)(C)C(Oc5ccc(C#N)c(Cl)c5)C3(C)C)C4=O)CC2)CC1. The lowest BCUT2D eigenvalue weighted by atomic mass is 9.49. The molecule has 2 aliphatic carbocycles. The summed E-state index contributed by atoms with van der Waals surface area (Å²) in [5.74, 6) is 7.50. The molecule has 2 amide bonds. The predicted molar refractivity (Wildman–Crippen MR) is 186 cm³/mol. The van der Waals surface area contributed by atoms with E-state index in [1.165, 1.54) is 0 Å². The number of amides is 2. The highest BCUT2D eigenvalue weighted by Gasteiger charge is 2.67. The van der Waals surface area contributed by atoms with E-state index in [0.717, 1.165) is 38.8 Å². The monoisotopic (exact) mass is 686 g/mol. The molecule has 49 heavy (non-hydrogen) atoms. The molecule has 1 saturated heterocycles. The maximum atomic E-state index is 13.6. The lowest BCUT2D eigenvalue weighted by Gasteiger charge is -2.65. The van der Waals surface area contributed by atoms with Crippen molar-refractivity contribution < 1.29 is 19.1 Å². The molecule has 3 heterocycles. The van der Waals surface area contributed by atoms with Crippen LogP contribution in [0.15, 0.2) is 24.4 Å². The van der Waals surface area contributed by atoms with Crippen molar-refractivity contribution in [3.63, 3.8) is 0 Å². The zero-order valence-electron chi connectivity index (χ0n) is 29.7. The number of hydrogen-bond donors (Lipinski definition) is 0. The van der Waals surface area contributed by atoms with Crippen LogP contribution in [-0.4, -0.2) is 86.6 Å². The van der Waals surface area contributed by atoms with Gasteiger partial charge in [0.15, 0.2) is 5.69 Å². The van der Waals surface area contributed by atoms with E-state index >= 15 is 0 Å². The second-order valence-corrected chi connectivity index (χ2v) is 16.5. The summed E-state index contributed by atoms with van der Waals surface area (Å²) >= 11 is 6.27. The van der Waals surface area contributed by atoms with E-state index < -0.39 is 5.60 Å². The Bertz CT molecular complexity index is 1700. The molecule has 10 nitrogen and oxygen atoms in total. The molecule has 260 valence electrons. The highest BCUT2D eigenvalue weighted by molar-refractivity contribution is 6.31. The Kier molecular flexibility index (Phi) is 9.36. The van der Waals surface area contributed by atoms with Crippen LogP contribution in [-0.2, 0) is 11.3 Å². The van der Waals surface area contributed by atoms with Crippen LogP contribution < -0.4 is 4.74 Å². The minimum atomic E-state index is -0.479. The molecule has 3 fully saturated rings. The summed E-state index contributed by atoms with van der Waals surface area (Å²) < 4.78 is 12.0. The molecule has 0 radical (unpaired) electrons. The van der Waals surface area contributed by atoms with E-state index in [1.54, 1.807) is 24.4 Å². The number of benzene rings is 1. The second-order valence-electron chi connectivity index (χ2n) is 16.1. The summed E-state index contributed by atoms with van der Waals surface area (Å²) in [4.78, 5) is 41.6. The molecule has 6 rings (SSSR count). The van der Waals surface area contributed by atoms with Crippen molar-refractivity contribution in [1.29, 1.82) is 5.26 Å². The molecule has 2 aromatic rings. The summed E-state index contributed by atoms with van der Waals surface area (Å²) in [5, 5.41) is 9.58. The molecule has 2 aliphatic heterocycles. The molecule has 0 N–H and O–H groups in total. The van der Waals surface area contributed by atoms with Gasteiger partial charge in [0.2, 0.25) is 0 Å². The van der Waals surface area contributed by atoms with Crippen molar-refractivity contribution in [2.24, 2.45) is 16.7 Å². The van der Waals surface area contributed by atoms with E-state index in [2.05, 4.69) is 55.5 Å². The van der Waals surface area contributed by atoms with Gasteiger partial charge in [-0.05, 0) is 64.5 Å². The minimum Gasteiger partial charge on any atom is -0.489 e. The van der Waals surface area contributed by atoms with E-state index in [-0.39, 0.29) is 35.0 Å². The van der Waals surface area contributed by atoms with Crippen LogP contribution in [0.1, 0.15) is 102 Å². The number of nitrogens with zero attached hydrogens (tertiary/aromatic N) is 6. The fraction of sp³-hybridized carbons (Fsp3) is 0.605. The van der Waals surface area contributed by atoms with Crippen molar-refractivity contribution in [2.75, 3.05) is 26.2 Å². The van der Waals surface area contributed by atoms with Crippen LogP contribution in [0.4, 0.5) is 4.79 Å². The van der Waals surface area contributed by atoms with Gasteiger partial charge in [-0.1, -0.05) is 45.2 Å². The van der Waals surface area contributed by atoms with Gasteiger partial charge in [0, 0.05) is 61.1 Å². The first-order valence-electron chi connectivity index (χ1n) is 17.3. The first-order valence-corrected chi connectivity index (χ1v) is 17.7. The van der Waals surface area contributed by atoms with Crippen molar-refractivity contribution in [1.82, 2.24) is 24.7 Å². The number of fused-ring (bicyclic) bond motifs is 1. The van der Waals surface area contributed by atoms with Gasteiger partial charge in [0.25, 0.3) is 5.91 Å². The quantitative estimate of drug-likeness (QED) is 0.345. The van der Waals surface area contributed by atoms with Crippen molar-refractivity contribution in [3.8, 4) is 23.7 Å². The van der Waals surface area contributed by atoms with Gasteiger partial charge >= 0.3 is 6.09 Å². The molecular weight excluding hydrogens is 640 g/mol. The van der Waals surface area contributed by atoms with Crippen molar-refractivity contribution in [2.45, 2.75) is 104 Å². The third kappa shape index (κ3) is 6.96. The average Bonchev–Trinajstić information content (AvgIpc) is 3.35. The van der Waals surface area contributed by atoms with E-state index in [9.17, 15) is 14.9 Å². The van der Waals surface area contributed by atoms with Crippen LogP contribution in [0.2, 0.25) is 5.02 Å². The highest BCUT2D eigenvalue weighted by Crippen LogP contribution is 2.59. The molecule has 0 bridgehead atoms. The van der Waals surface area contributed by atoms with Gasteiger partial charge in [0.05, 0.1) is 29.0 Å². The smallest absolute Gasteiger partial charge is 0.410 e. The Balaban J connectivity index is 1.03. The normalized spacial score (nSPS) is 26.1. The molecule has 2 saturated carbocycles. The summed E-state index contributed by atoms with van der Waals surface area (Å²) in [7, 11) is 0. The molecular formula is C38H47ClN6O4. The number of rotatable bonds is 4. The average molecular weight is 687 g/mol. The maximum absolute atomic E-state index is 13.6. The van der Waals surface area contributed by atoms with Gasteiger partial charge in [-0.25, -0.2) is 14.8 Å². The number of piperazine rings is 1. The first-order chi connectivity index (χ1) is 23.1. The highest BCUT2D eigenvalue weighted by atomic mass is 35.5. The Labute approximate surface area is 295 Å². The third-order valence-electron chi connectivity index (χ3n) is 10.6. The van der Waals surface area contributed by atoms with Crippen molar-refractivity contribution in [3.05, 3.63) is 52.1 Å². The molecule has 0 unspecified atom stereocenters. The van der Waals surface area contributed by atoms with E-state index in [0.29, 0.717) is 65.0 Å².